The second-order valence-electron chi connectivity index (χ2n) is 7.41. The molecule has 2 unspecified atom stereocenters. The minimum Gasteiger partial charge on any atom is -0.350 e. The van der Waals surface area contributed by atoms with Crippen molar-refractivity contribution in [2.75, 3.05) is 0 Å². The highest BCUT2D eigenvalue weighted by Crippen LogP contribution is 2.37. The van der Waals surface area contributed by atoms with Crippen molar-refractivity contribution < 1.29 is 9.59 Å². The summed E-state index contributed by atoms with van der Waals surface area (Å²) in [5.41, 5.74) is 3.87. The first-order chi connectivity index (χ1) is 14.1. The molecule has 0 spiro atoms. The van der Waals surface area contributed by atoms with Crippen LogP contribution >= 0.6 is 0 Å². The number of nitrogens with one attached hydrogen (secondary N) is 1. The molecule has 0 saturated heterocycles. The third-order valence-electron chi connectivity index (χ3n) is 5.48. The van der Waals surface area contributed by atoms with Crippen molar-refractivity contribution in [1.29, 1.82) is 0 Å². The quantitative estimate of drug-likeness (QED) is 0.717. The number of benzene rings is 3. The predicted octanol–water partition coefficient (Wildman–Crippen LogP) is 4.19. The summed E-state index contributed by atoms with van der Waals surface area (Å²) in [6.45, 7) is 2.75. The van der Waals surface area contributed by atoms with Crippen molar-refractivity contribution in [3.8, 4) is 0 Å². The average molecular weight is 384 g/mol. The number of amides is 2. The molecule has 0 fully saturated rings. The van der Waals surface area contributed by atoms with E-state index in [0.29, 0.717) is 13.1 Å². The molecular formula is C25H24N2O2. The van der Waals surface area contributed by atoms with Gasteiger partial charge in [0.05, 0.1) is 5.92 Å². The zero-order valence-corrected chi connectivity index (χ0v) is 16.4. The maximum absolute atomic E-state index is 13.3. The van der Waals surface area contributed by atoms with Gasteiger partial charge in [-0.15, -0.1) is 0 Å². The number of carbonyl (C=O) groups is 2. The van der Waals surface area contributed by atoms with Gasteiger partial charge in [-0.1, -0.05) is 84.9 Å². The van der Waals surface area contributed by atoms with Crippen molar-refractivity contribution in [2.45, 2.75) is 32.0 Å². The number of hydrogen-bond donors (Lipinski definition) is 1. The maximum atomic E-state index is 13.3. The Labute approximate surface area is 171 Å². The molecule has 0 radical (unpaired) electrons. The van der Waals surface area contributed by atoms with E-state index in [1.165, 1.54) is 0 Å². The monoisotopic (exact) mass is 384 g/mol. The molecule has 4 nitrogen and oxygen atoms in total. The zero-order valence-electron chi connectivity index (χ0n) is 16.4. The van der Waals surface area contributed by atoms with Gasteiger partial charge in [0.25, 0.3) is 0 Å². The molecule has 29 heavy (non-hydrogen) atoms. The van der Waals surface area contributed by atoms with Crippen LogP contribution in [0.15, 0.2) is 84.9 Å². The Hall–Kier alpha value is -3.40. The fraction of sp³-hybridized carbons (Fsp3) is 0.200. The van der Waals surface area contributed by atoms with Gasteiger partial charge in [-0.25, -0.2) is 0 Å². The van der Waals surface area contributed by atoms with Gasteiger partial charge in [0.1, 0.15) is 6.04 Å². The van der Waals surface area contributed by atoms with E-state index in [1.54, 1.807) is 4.90 Å². The van der Waals surface area contributed by atoms with Gasteiger partial charge in [-0.2, -0.15) is 0 Å². The fourth-order valence-electron chi connectivity index (χ4n) is 3.94. The highest BCUT2D eigenvalue weighted by molar-refractivity contribution is 5.94. The van der Waals surface area contributed by atoms with Gasteiger partial charge < -0.3 is 10.2 Å². The lowest BCUT2D eigenvalue weighted by atomic mass is 9.85. The van der Waals surface area contributed by atoms with Crippen molar-refractivity contribution in [3.05, 3.63) is 107 Å². The molecule has 2 atom stereocenters. The Morgan fingerprint density at radius 1 is 0.828 bits per heavy atom. The van der Waals surface area contributed by atoms with Crippen LogP contribution in [0.1, 0.15) is 41.1 Å². The molecular weight excluding hydrogens is 360 g/mol. The smallest absolute Gasteiger partial charge is 0.247 e. The third-order valence-corrected chi connectivity index (χ3v) is 5.48. The Morgan fingerprint density at radius 2 is 1.38 bits per heavy atom. The van der Waals surface area contributed by atoms with E-state index in [4.69, 9.17) is 0 Å². The van der Waals surface area contributed by atoms with Gasteiger partial charge in [0.15, 0.2) is 0 Å². The molecule has 1 N–H and O–H groups in total. The molecule has 0 bridgehead atoms. The van der Waals surface area contributed by atoms with Crippen LogP contribution < -0.4 is 5.32 Å². The second-order valence-corrected chi connectivity index (χ2v) is 7.41. The minimum atomic E-state index is -0.640. The standard InChI is InChI=1S/C25H24N2O2/c1-18-21-14-8-9-15-22(21)23(24(28)26-16-19-10-4-2-5-11-19)27(25(18)29)17-20-12-6-3-7-13-20/h2-15,18,23H,16-17H2,1H3,(H,26,28). The molecule has 4 rings (SSSR count). The van der Waals surface area contributed by atoms with E-state index in [2.05, 4.69) is 5.32 Å². The Balaban J connectivity index is 1.66. The summed E-state index contributed by atoms with van der Waals surface area (Å²) in [6, 6.07) is 26.7. The second kappa shape index (κ2) is 8.31. The van der Waals surface area contributed by atoms with Gasteiger partial charge in [0.2, 0.25) is 11.8 Å². The molecule has 2 amide bonds. The molecule has 1 heterocycles. The predicted molar refractivity (Wildman–Crippen MR) is 113 cm³/mol. The van der Waals surface area contributed by atoms with Crippen LogP contribution in [-0.2, 0) is 22.7 Å². The summed E-state index contributed by atoms with van der Waals surface area (Å²) in [5.74, 6) is -0.446. The van der Waals surface area contributed by atoms with Crippen LogP contribution in [0.3, 0.4) is 0 Å². The third kappa shape index (κ3) is 3.92. The van der Waals surface area contributed by atoms with Gasteiger partial charge in [0, 0.05) is 13.1 Å². The number of fused-ring (bicyclic) bond motifs is 1. The van der Waals surface area contributed by atoms with E-state index in [9.17, 15) is 9.59 Å². The van der Waals surface area contributed by atoms with Crippen LogP contribution in [0.2, 0.25) is 0 Å². The normalized spacial score (nSPS) is 18.2. The fourth-order valence-corrected chi connectivity index (χ4v) is 3.94. The number of carbonyl (C=O) groups excluding carboxylic acids is 2. The van der Waals surface area contributed by atoms with Crippen LogP contribution in [0.4, 0.5) is 0 Å². The van der Waals surface area contributed by atoms with Gasteiger partial charge >= 0.3 is 0 Å². The zero-order chi connectivity index (χ0) is 20.2. The molecule has 3 aromatic carbocycles. The molecule has 1 aliphatic rings. The van der Waals surface area contributed by atoms with E-state index in [-0.39, 0.29) is 17.7 Å². The Bertz CT molecular complexity index is 1000. The molecule has 1 aliphatic heterocycles. The SMILES string of the molecule is CC1C(=O)N(Cc2ccccc2)C(C(=O)NCc2ccccc2)c2ccccc21. The summed E-state index contributed by atoms with van der Waals surface area (Å²) in [4.78, 5) is 28.2. The summed E-state index contributed by atoms with van der Waals surface area (Å²) in [5, 5.41) is 3.03. The number of hydrogen-bond acceptors (Lipinski definition) is 2. The highest BCUT2D eigenvalue weighted by Gasteiger charge is 2.40. The first-order valence-electron chi connectivity index (χ1n) is 9.90. The molecule has 0 saturated carbocycles. The molecule has 0 aromatic heterocycles. The average Bonchev–Trinajstić information content (AvgIpc) is 2.77. The topological polar surface area (TPSA) is 49.4 Å². The van der Waals surface area contributed by atoms with Crippen LogP contribution in [0, 0.1) is 0 Å². The summed E-state index contributed by atoms with van der Waals surface area (Å²) < 4.78 is 0. The summed E-state index contributed by atoms with van der Waals surface area (Å²) >= 11 is 0. The molecule has 146 valence electrons. The van der Waals surface area contributed by atoms with E-state index in [1.807, 2.05) is 91.9 Å². The highest BCUT2D eigenvalue weighted by atomic mass is 16.2. The van der Waals surface area contributed by atoms with Gasteiger partial charge in [-0.05, 0) is 29.2 Å². The van der Waals surface area contributed by atoms with Gasteiger partial charge in [-0.3, -0.25) is 9.59 Å². The maximum Gasteiger partial charge on any atom is 0.247 e. The summed E-state index contributed by atoms with van der Waals surface area (Å²) in [7, 11) is 0. The van der Waals surface area contributed by atoms with Crippen molar-refractivity contribution in [3.63, 3.8) is 0 Å². The first kappa shape index (κ1) is 18.9. The lowest BCUT2D eigenvalue weighted by Gasteiger charge is -2.39. The van der Waals surface area contributed by atoms with Crippen molar-refractivity contribution >= 4 is 11.8 Å². The molecule has 3 aromatic rings. The minimum absolute atomic E-state index is 0.0209. The number of rotatable bonds is 5. The largest absolute Gasteiger partial charge is 0.350 e. The van der Waals surface area contributed by atoms with Crippen molar-refractivity contribution in [1.82, 2.24) is 10.2 Å². The summed E-state index contributed by atoms with van der Waals surface area (Å²) in [6.07, 6.45) is 0. The lowest BCUT2D eigenvalue weighted by Crippen LogP contribution is -2.48. The van der Waals surface area contributed by atoms with E-state index >= 15 is 0 Å². The molecule has 0 aliphatic carbocycles. The van der Waals surface area contributed by atoms with E-state index < -0.39 is 6.04 Å². The van der Waals surface area contributed by atoms with Crippen LogP contribution in [-0.4, -0.2) is 16.7 Å². The first-order valence-corrected chi connectivity index (χ1v) is 9.90. The molecule has 4 heteroatoms. The van der Waals surface area contributed by atoms with E-state index in [0.717, 1.165) is 22.3 Å². The van der Waals surface area contributed by atoms with Crippen LogP contribution in [0.5, 0.6) is 0 Å². The number of nitrogens with zero attached hydrogens (tertiary/aromatic N) is 1. The van der Waals surface area contributed by atoms with Crippen LogP contribution in [0.25, 0.3) is 0 Å². The lowest BCUT2D eigenvalue weighted by molar-refractivity contribution is -0.144. The van der Waals surface area contributed by atoms with Crippen molar-refractivity contribution in [2.24, 2.45) is 0 Å². The Morgan fingerprint density at radius 3 is 2.03 bits per heavy atom. The Kier molecular flexibility index (Phi) is 5.43.